The zero-order chi connectivity index (χ0) is 19.3. The summed E-state index contributed by atoms with van der Waals surface area (Å²) in [5.41, 5.74) is 0.291. The first-order chi connectivity index (χ1) is 12.8. The first-order valence-corrected chi connectivity index (χ1v) is 8.72. The third-order valence-corrected chi connectivity index (χ3v) is 5.53. The number of nitrogens with one attached hydrogen (secondary N) is 1. The molecule has 0 amide bonds. The normalized spacial score (nSPS) is 23.5. The third kappa shape index (κ3) is 2.96. The fourth-order valence-corrected chi connectivity index (χ4v) is 4.30. The maximum absolute atomic E-state index is 13.6. The highest BCUT2D eigenvalue weighted by Crippen LogP contribution is 2.54. The van der Waals surface area contributed by atoms with Crippen molar-refractivity contribution in [1.82, 2.24) is 0 Å². The van der Waals surface area contributed by atoms with Crippen molar-refractivity contribution < 1.29 is 18.1 Å². The summed E-state index contributed by atoms with van der Waals surface area (Å²) >= 11 is 6.23. The van der Waals surface area contributed by atoms with E-state index in [-0.39, 0.29) is 33.9 Å². The van der Waals surface area contributed by atoms with Crippen LogP contribution in [0.15, 0.2) is 48.6 Å². The molecule has 1 aliphatic heterocycles. The highest BCUT2D eigenvalue weighted by Gasteiger charge is 2.45. The summed E-state index contributed by atoms with van der Waals surface area (Å²) in [4.78, 5) is 10.6. The Bertz CT molecular complexity index is 958. The summed E-state index contributed by atoms with van der Waals surface area (Å²) in [5.74, 6) is -0.639. The van der Waals surface area contributed by atoms with Gasteiger partial charge in [-0.05, 0) is 35.6 Å². The number of rotatable bonds is 2. The molecule has 0 saturated heterocycles. The van der Waals surface area contributed by atoms with Crippen LogP contribution < -0.4 is 5.32 Å². The molecule has 0 spiro atoms. The number of allylic oxidation sites excluding steroid dienone is 2. The number of non-ortho nitro benzene ring substituents is 1. The predicted molar refractivity (Wildman–Crippen MR) is 95.9 cm³/mol. The number of nitro groups is 1. The van der Waals surface area contributed by atoms with Gasteiger partial charge in [0, 0.05) is 18.1 Å². The van der Waals surface area contributed by atoms with E-state index in [9.17, 15) is 23.3 Å². The molecule has 0 fully saturated rings. The molecule has 3 atom stereocenters. The molecule has 1 N–H and O–H groups in total. The molecule has 0 aromatic heterocycles. The van der Waals surface area contributed by atoms with Gasteiger partial charge in [-0.1, -0.05) is 35.9 Å². The third-order valence-electron chi connectivity index (χ3n) is 5.21. The Morgan fingerprint density at radius 1 is 1.22 bits per heavy atom. The minimum absolute atomic E-state index is 0.0576. The highest BCUT2D eigenvalue weighted by atomic mass is 35.5. The number of halogens is 4. The number of hydrogen-bond acceptors (Lipinski definition) is 3. The second kappa shape index (κ2) is 6.27. The van der Waals surface area contributed by atoms with E-state index in [0.717, 1.165) is 6.07 Å². The van der Waals surface area contributed by atoms with Gasteiger partial charge in [0.05, 0.1) is 27.2 Å². The van der Waals surface area contributed by atoms with E-state index in [4.69, 9.17) is 11.6 Å². The second-order valence-corrected chi connectivity index (χ2v) is 7.12. The molecule has 2 aromatic carbocycles. The Kier molecular flexibility index (Phi) is 4.14. The number of hydrogen-bond donors (Lipinski definition) is 1. The zero-order valence-corrected chi connectivity index (χ0v) is 14.6. The van der Waals surface area contributed by atoms with Crippen LogP contribution >= 0.6 is 11.6 Å². The fourth-order valence-electron chi connectivity index (χ4n) is 4.08. The average Bonchev–Trinajstić information content (AvgIpc) is 3.10. The van der Waals surface area contributed by atoms with Crippen LogP contribution in [-0.4, -0.2) is 4.92 Å². The van der Waals surface area contributed by atoms with Gasteiger partial charge in [0.15, 0.2) is 0 Å². The van der Waals surface area contributed by atoms with E-state index in [1.54, 1.807) is 18.2 Å². The molecule has 4 nitrogen and oxygen atoms in total. The summed E-state index contributed by atoms with van der Waals surface area (Å²) in [5, 5.41) is 14.4. The predicted octanol–water partition coefficient (Wildman–Crippen LogP) is 6.09. The number of benzene rings is 2. The molecule has 8 heteroatoms. The van der Waals surface area contributed by atoms with Gasteiger partial charge < -0.3 is 5.32 Å². The fraction of sp³-hybridized carbons (Fsp3) is 0.263. The number of nitro benzene ring substituents is 1. The second-order valence-electron chi connectivity index (χ2n) is 6.71. The van der Waals surface area contributed by atoms with Crippen LogP contribution in [0.2, 0.25) is 5.02 Å². The molecular formula is C19H14ClF3N2O2. The van der Waals surface area contributed by atoms with Crippen molar-refractivity contribution in [2.45, 2.75) is 24.6 Å². The molecule has 0 bridgehead atoms. The summed E-state index contributed by atoms with van der Waals surface area (Å²) in [6, 6.07) is 8.04. The molecular weight excluding hydrogens is 381 g/mol. The highest BCUT2D eigenvalue weighted by molar-refractivity contribution is 6.33. The van der Waals surface area contributed by atoms with Gasteiger partial charge in [-0.15, -0.1) is 0 Å². The maximum atomic E-state index is 13.6. The molecule has 1 aliphatic carbocycles. The molecule has 27 heavy (non-hydrogen) atoms. The van der Waals surface area contributed by atoms with Crippen molar-refractivity contribution in [3.63, 3.8) is 0 Å². The summed E-state index contributed by atoms with van der Waals surface area (Å²) in [6.45, 7) is 0. The van der Waals surface area contributed by atoms with Crippen LogP contribution in [0.3, 0.4) is 0 Å². The molecule has 0 unspecified atom stereocenters. The molecule has 1 heterocycles. The van der Waals surface area contributed by atoms with Crippen LogP contribution in [-0.2, 0) is 6.18 Å². The largest absolute Gasteiger partial charge is 0.416 e. The monoisotopic (exact) mass is 394 g/mol. The number of fused-ring (bicyclic) bond motifs is 3. The standard InChI is InChI=1S/C19H14ClF3N2O2/c20-15-8-7-14(19(21,22)23)16-12-5-2-6-13(12)17(24-18(15)16)10-3-1-4-11(9-10)25(26)27/h1-5,7-9,12-13,17,24H,6H2/t12-,13+,17-/m0/s1. The SMILES string of the molecule is O=[N+]([O-])c1cccc([C@@H]2Nc3c(Cl)ccc(C(F)(F)F)c3[C@H]3C=CC[C@H]32)c1. The van der Waals surface area contributed by atoms with Gasteiger partial charge in [0.1, 0.15) is 0 Å². The van der Waals surface area contributed by atoms with Gasteiger partial charge in [-0.3, -0.25) is 10.1 Å². The lowest BCUT2D eigenvalue weighted by molar-refractivity contribution is -0.384. The first kappa shape index (κ1) is 17.9. The summed E-state index contributed by atoms with van der Waals surface area (Å²) in [6.07, 6.45) is -0.276. The van der Waals surface area contributed by atoms with Gasteiger partial charge in [0.25, 0.3) is 5.69 Å². The minimum atomic E-state index is -4.49. The Labute approximate surface area is 157 Å². The van der Waals surface area contributed by atoms with Crippen molar-refractivity contribution in [1.29, 1.82) is 0 Å². The van der Waals surface area contributed by atoms with Crippen molar-refractivity contribution in [2.24, 2.45) is 5.92 Å². The minimum Gasteiger partial charge on any atom is -0.376 e. The Morgan fingerprint density at radius 2 is 2.00 bits per heavy atom. The lowest BCUT2D eigenvalue weighted by Crippen LogP contribution is -2.31. The molecule has 140 valence electrons. The molecule has 4 rings (SSSR count). The van der Waals surface area contributed by atoms with Gasteiger partial charge in [-0.25, -0.2) is 0 Å². The van der Waals surface area contributed by atoms with E-state index in [1.807, 2.05) is 6.08 Å². The average molecular weight is 395 g/mol. The topological polar surface area (TPSA) is 55.2 Å². The van der Waals surface area contributed by atoms with Crippen molar-refractivity contribution in [3.8, 4) is 0 Å². The lowest BCUT2D eigenvalue weighted by Gasteiger charge is -2.39. The molecule has 2 aromatic rings. The Balaban J connectivity index is 1.86. The maximum Gasteiger partial charge on any atom is 0.416 e. The Morgan fingerprint density at radius 3 is 2.70 bits per heavy atom. The van der Waals surface area contributed by atoms with Crippen LogP contribution in [0.1, 0.15) is 35.1 Å². The molecule has 0 radical (unpaired) electrons. The first-order valence-electron chi connectivity index (χ1n) is 8.34. The van der Waals surface area contributed by atoms with Crippen LogP contribution in [0.5, 0.6) is 0 Å². The van der Waals surface area contributed by atoms with Crippen LogP contribution in [0, 0.1) is 16.0 Å². The smallest absolute Gasteiger partial charge is 0.376 e. The van der Waals surface area contributed by atoms with Gasteiger partial charge in [0.2, 0.25) is 0 Å². The van der Waals surface area contributed by atoms with E-state index in [1.165, 1.54) is 18.2 Å². The summed E-state index contributed by atoms with van der Waals surface area (Å²) in [7, 11) is 0. The summed E-state index contributed by atoms with van der Waals surface area (Å²) < 4.78 is 40.7. The van der Waals surface area contributed by atoms with E-state index in [0.29, 0.717) is 12.0 Å². The Hall–Kier alpha value is -2.54. The van der Waals surface area contributed by atoms with Crippen LogP contribution in [0.25, 0.3) is 0 Å². The van der Waals surface area contributed by atoms with E-state index in [2.05, 4.69) is 5.32 Å². The lowest BCUT2D eigenvalue weighted by atomic mass is 9.75. The van der Waals surface area contributed by atoms with Crippen molar-refractivity contribution in [3.05, 3.63) is 80.4 Å². The molecule has 2 aliphatic rings. The zero-order valence-electron chi connectivity index (χ0n) is 13.8. The molecule has 0 saturated carbocycles. The van der Waals surface area contributed by atoms with E-state index < -0.39 is 22.6 Å². The van der Waals surface area contributed by atoms with Crippen LogP contribution in [0.4, 0.5) is 24.5 Å². The van der Waals surface area contributed by atoms with Gasteiger partial charge in [-0.2, -0.15) is 13.2 Å². The number of alkyl halides is 3. The quantitative estimate of drug-likeness (QED) is 0.380. The van der Waals surface area contributed by atoms with E-state index >= 15 is 0 Å². The van der Waals surface area contributed by atoms with Gasteiger partial charge >= 0.3 is 6.18 Å². The van der Waals surface area contributed by atoms with Crippen molar-refractivity contribution in [2.75, 3.05) is 5.32 Å². The van der Waals surface area contributed by atoms with Crippen molar-refractivity contribution >= 4 is 23.0 Å². The number of nitrogens with zero attached hydrogens (tertiary/aromatic N) is 1. The number of anilines is 1.